The number of primary amides is 1. The van der Waals surface area contributed by atoms with Gasteiger partial charge in [-0.3, -0.25) is 4.79 Å². The number of nitrogens with two attached hydrogens (primary N) is 2. The van der Waals surface area contributed by atoms with E-state index in [1.807, 2.05) is 0 Å². The molecule has 10 heavy (non-hydrogen) atoms. The van der Waals surface area contributed by atoms with Gasteiger partial charge in [0, 0.05) is 6.42 Å². The van der Waals surface area contributed by atoms with Gasteiger partial charge in [0.1, 0.15) is 0 Å². The van der Waals surface area contributed by atoms with Crippen LogP contribution in [0.4, 0.5) is 8.78 Å². The second-order valence-electron chi connectivity index (χ2n) is 2.28. The average molecular weight is 152 g/mol. The largest absolute Gasteiger partial charge is 0.368 e. The van der Waals surface area contributed by atoms with Gasteiger partial charge in [0.25, 0.3) is 0 Å². The fourth-order valence-electron chi connectivity index (χ4n) is 0.487. The monoisotopic (exact) mass is 152 g/mol. The lowest BCUT2D eigenvalue weighted by atomic mass is 10.1. The van der Waals surface area contributed by atoms with Gasteiger partial charge in [0.15, 0.2) is 0 Å². The van der Waals surface area contributed by atoms with Crippen LogP contribution in [0.1, 0.15) is 13.3 Å². The summed E-state index contributed by atoms with van der Waals surface area (Å²) in [6.45, 7) is 0.690. The van der Waals surface area contributed by atoms with Crippen molar-refractivity contribution in [3.05, 3.63) is 0 Å². The summed E-state index contributed by atoms with van der Waals surface area (Å²) in [6.07, 6.45) is -0.692. The van der Waals surface area contributed by atoms with Crippen LogP contribution in [0.15, 0.2) is 0 Å². The average Bonchev–Trinajstić information content (AvgIpc) is 1.60. The van der Waals surface area contributed by atoms with Crippen molar-refractivity contribution >= 4 is 5.91 Å². The van der Waals surface area contributed by atoms with Gasteiger partial charge in [-0.2, -0.15) is 0 Å². The summed E-state index contributed by atoms with van der Waals surface area (Å²) in [4.78, 5) is 10.1. The Labute approximate surface area is 57.4 Å². The molecule has 1 unspecified atom stereocenters. The minimum absolute atomic E-state index is 0.690. The highest BCUT2D eigenvalue weighted by molar-refractivity contribution is 5.79. The maximum Gasteiger partial charge on any atom is 0.247 e. The number of carbonyl (C=O) groups excluding carboxylic acids is 1. The van der Waals surface area contributed by atoms with Crippen molar-refractivity contribution < 1.29 is 13.6 Å². The molecule has 0 spiro atoms. The Morgan fingerprint density at radius 1 is 1.70 bits per heavy atom. The molecule has 0 aromatic rings. The Hall–Kier alpha value is -0.710. The molecule has 3 nitrogen and oxygen atoms in total. The van der Waals surface area contributed by atoms with Crippen molar-refractivity contribution in [1.82, 2.24) is 0 Å². The molecule has 0 aliphatic heterocycles. The number of alkyl halides is 2. The van der Waals surface area contributed by atoms with Crippen molar-refractivity contribution in [1.29, 1.82) is 0 Å². The summed E-state index contributed by atoms with van der Waals surface area (Å²) in [5.41, 5.74) is 9.59. The second kappa shape index (κ2) is 2.92. The first-order chi connectivity index (χ1) is 4.33. The molecule has 0 aromatic carbocycles. The number of halogens is 2. The SMILES string of the molecule is CC(F)(F)CC(N)C(N)=O. The van der Waals surface area contributed by atoms with Crippen LogP contribution in [-0.4, -0.2) is 17.9 Å². The van der Waals surface area contributed by atoms with E-state index < -0.39 is 24.3 Å². The summed E-state index contributed by atoms with van der Waals surface area (Å²) in [5, 5.41) is 0. The quantitative estimate of drug-likeness (QED) is 0.590. The zero-order chi connectivity index (χ0) is 8.36. The fraction of sp³-hybridized carbons (Fsp3) is 0.800. The maximum atomic E-state index is 12.0. The van der Waals surface area contributed by atoms with E-state index in [4.69, 9.17) is 5.73 Å². The molecule has 4 N–H and O–H groups in total. The van der Waals surface area contributed by atoms with Gasteiger partial charge in [0.2, 0.25) is 11.8 Å². The Bertz CT molecular complexity index is 132. The van der Waals surface area contributed by atoms with Gasteiger partial charge in [-0.1, -0.05) is 0 Å². The van der Waals surface area contributed by atoms with Gasteiger partial charge in [-0.05, 0) is 6.92 Å². The molecule has 5 heteroatoms. The van der Waals surface area contributed by atoms with Gasteiger partial charge >= 0.3 is 0 Å². The number of amides is 1. The third kappa shape index (κ3) is 4.20. The Balaban J connectivity index is 3.80. The molecule has 0 saturated heterocycles. The highest BCUT2D eigenvalue weighted by atomic mass is 19.3. The Kier molecular flexibility index (Phi) is 2.71. The fourth-order valence-corrected chi connectivity index (χ4v) is 0.487. The van der Waals surface area contributed by atoms with E-state index in [2.05, 4.69) is 5.73 Å². The molecule has 0 saturated carbocycles. The van der Waals surface area contributed by atoms with Crippen LogP contribution in [0.3, 0.4) is 0 Å². The molecule has 0 aliphatic carbocycles. The zero-order valence-electron chi connectivity index (χ0n) is 5.60. The van der Waals surface area contributed by atoms with E-state index in [9.17, 15) is 13.6 Å². The summed E-state index contributed by atoms with van der Waals surface area (Å²) in [6, 6.07) is -1.25. The summed E-state index contributed by atoms with van der Waals surface area (Å²) in [5.74, 6) is -3.82. The highest BCUT2D eigenvalue weighted by Crippen LogP contribution is 2.17. The maximum absolute atomic E-state index is 12.0. The molecule has 0 bridgehead atoms. The van der Waals surface area contributed by atoms with Crippen LogP contribution in [0, 0.1) is 0 Å². The van der Waals surface area contributed by atoms with Crippen molar-refractivity contribution in [3.63, 3.8) is 0 Å². The first-order valence-corrected chi connectivity index (χ1v) is 2.75. The molecule has 0 radical (unpaired) electrons. The number of hydrogen-bond donors (Lipinski definition) is 2. The van der Waals surface area contributed by atoms with E-state index >= 15 is 0 Å². The van der Waals surface area contributed by atoms with E-state index in [0.29, 0.717) is 6.92 Å². The lowest BCUT2D eigenvalue weighted by Crippen LogP contribution is -2.40. The van der Waals surface area contributed by atoms with E-state index in [1.165, 1.54) is 0 Å². The summed E-state index contributed by atoms with van der Waals surface area (Å²) < 4.78 is 24.1. The zero-order valence-corrected chi connectivity index (χ0v) is 5.60. The molecule has 1 amide bonds. The molecule has 60 valence electrons. The molecule has 0 rings (SSSR count). The van der Waals surface area contributed by atoms with E-state index in [1.54, 1.807) is 0 Å². The Morgan fingerprint density at radius 2 is 2.10 bits per heavy atom. The molecular weight excluding hydrogens is 142 g/mol. The normalized spacial score (nSPS) is 14.8. The predicted octanol–water partition coefficient (Wildman–Crippen LogP) is -0.156. The van der Waals surface area contributed by atoms with E-state index in [-0.39, 0.29) is 0 Å². The van der Waals surface area contributed by atoms with Crippen molar-refractivity contribution in [2.24, 2.45) is 11.5 Å². The molecule has 0 heterocycles. The summed E-state index contributed by atoms with van der Waals surface area (Å²) in [7, 11) is 0. The van der Waals surface area contributed by atoms with Gasteiger partial charge in [-0.25, -0.2) is 8.78 Å². The minimum Gasteiger partial charge on any atom is -0.368 e. The van der Waals surface area contributed by atoms with Gasteiger partial charge in [-0.15, -0.1) is 0 Å². The first-order valence-electron chi connectivity index (χ1n) is 2.75. The van der Waals surface area contributed by atoms with Crippen LogP contribution < -0.4 is 11.5 Å². The van der Waals surface area contributed by atoms with Crippen molar-refractivity contribution in [2.75, 3.05) is 0 Å². The molecule has 0 aromatic heterocycles. The Morgan fingerprint density at radius 3 is 2.20 bits per heavy atom. The lowest BCUT2D eigenvalue weighted by Gasteiger charge is -2.12. The van der Waals surface area contributed by atoms with Crippen LogP contribution in [-0.2, 0) is 4.79 Å². The van der Waals surface area contributed by atoms with E-state index in [0.717, 1.165) is 0 Å². The molecular formula is C5H10F2N2O. The number of rotatable bonds is 3. The first kappa shape index (κ1) is 9.29. The second-order valence-corrected chi connectivity index (χ2v) is 2.28. The van der Waals surface area contributed by atoms with Crippen LogP contribution in [0.5, 0.6) is 0 Å². The van der Waals surface area contributed by atoms with Crippen LogP contribution in [0.25, 0.3) is 0 Å². The third-order valence-electron chi connectivity index (χ3n) is 0.944. The molecule has 0 fully saturated rings. The van der Waals surface area contributed by atoms with Gasteiger partial charge in [0.05, 0.1) is 6.04 Å². The lowest BCUT2D eigenvalue weighted by molar-refractivity contribution is -0.121. The standard InChI is InChI=1S/C5H10F2N2O/c1-5(6,7)2-3(8)4(9)10/h3H,2,8H2,1H3,(H2,9,10). The van der Waals surface area contributed by atoms with Crippen LogP contribution in [0.2, 0.25) is 0 Å². The van der Waals surface area contributed by atoms with Gasteiger partial charge < -0.3 is 11.5 Å². The number of hydrogen-bond acceptors (Lipinski definition) is 2. The highest BCUT2D eigenvalue weighted by Gasteiger charge is 2.27. The van der Waals surface area contributed by atoms with Crippen molar-refractivity contribution in [2.45, 2.75) is 25.3 Å². The predicted molar refractivity (Wildman–Crippen MR) is 32.4 cm³/mol. The molecule has 0 aliphatic rings. The van der Waals surface area contributed by atoms with Crippen LogP contribution >= 0.6 is 0 Å². The topological polar surface area (TPSA) is 69.1 Å². The summed E-state index contributed by atoms with van der Waals surface area (Å²) >= 11 is 0. The number of carbonyl (C=O) groups is 1. The minimum atomic E-state index is -2.92. The third-order valence-corrected chi connectivity index (χ3v) is 0.944. The molecule has 1 atom stereocenters. The van der Waals surface area contributed by atoms with Crippen molar-refractivity contribution in [3.8, 4) is 0 Å². The smallest absolute Gasteiger partial charge is 0.247 e.